The molecule has 2 heteroatoms. The number of aliphatic hydroxyl groups excluding tert-OH is 1. The van der Waals surface area contributed by atoms with Gasteiger partial charge in [0.25, 0.3) is 0 Å². The molecule has 1 aromatic rings. The van der Waals surface area contributed by atoms with E-state index in [9.17, 15) is 10.2 Å². The van der Waals surface area contributed by atoms with Crippen molar-refractivity contribution in [1.82, 2.24) is 0 Å². The van der Waals surface area contributed by atoms with Gasteiger partial charge in [0.05, 0.1) is 5.60 Å². The first-order chi connectivity index (χ1) is 7.84. The number of aliphatic hydroxyl groups is 2. The van der Waals surface area contributed by atoms with Crippen LogP contribution in [0.15, 0.2) is 12.1 Å². The molecule has 2 nitrogen and oxygen atoms in total. The van der Waals surface area contributed by atoms with Gasteiger partial charge in [-0.1, -0.05) is 26.0 Å². The molecule has 1 aliphatic carbocycles. The van der Waals surface area contributed by atoms with Crippen LogP contribution in [-0.4, -0.2) is 15.8 Å². The first kappa shape index (κ1) is 12.6. The third-order valence-corrected chi connectivity index (χ3v) is 3.99. The van der Waals surface area contributed by atoms with E-state index in [0.29, 0.717) is 12.3 Å². The van der Waals surface area contributed by atoms with Crippen molar-refractivity contribution in [3.8, 4) is 0 Å². The highest BCUT2D eigenvalue weighted by molar-refractivity contribution is 5.46. The van der Waals surface area contributed by atoms with Gasteiger partial charge in [-0.25, -0.2) is 0 Å². The third kappa shape index (κ3) is 2.00. The van der Waals surface area contributed by atoms with E-state index >= 15 is 0 Å². The molecule has 17 heavy (non-hydrogen) atoms. The summed E-state index contributed by atoms with van der Waals surface area (Å²) in [6.07, 6.45) is 0.721. The average Bonchev–Trinajstić information content (AvgIpc) is 2.24. The van der Waals surface area contributed by atoms with Crippen molar-refractivity contribution in [3.63, 3.8) is 0 Å². The predicted molar refractivity (Wildman–Crippen MR) is 69.2 cm³/mol. The van der Waals surface area contributed by atoms with Crippen molar-refractivity contribution in [1.29, 1.82) is 0 Å². The molecule has 1 aromatic carbocycles. The van der Waals surface area contributed by atoms with Crippen LogP contribution in [0.1, 0.15) is 61.5 Å². The van der Waals surface area contributed by atoms with Crippen molar-refractivity contribution in [2.75, 3.05) is 0 Å². The third-order valence-electron chi connectivity index (χ3n) is 3.99. The summed E-state index contributed by atoms with van der Waals surface area (Å²) in [5.41, 5.74) is 3.59. The van der Waals surface area contributed by atoms with Gasteiger partial charge in [0.1, 0.15) is 6.10 Å². The fourth-order valence-corrected chi connectivity index (χ4v) is 2.78. The second kappa shape index (κ2) is 4.11. The summed E-state index contributed by atoms with van der Waals surface area (Å²) in [5.74, 6) is 0.368. The largest absolute Gasteiger partial charge is 0.387 e. The zero-order valence-corrected chi connectivity index (χ0v) is 11.1. The molecule has 0 heterocycles. The van der Waals surface area contributed by atoms with Crippen LogP contribution >= 0.6 is 0 Å². The van der Waals surface area contributed by atoms with Gasteiger partial charge < -0.3 is 10.2 Å². The Bertz CT molecular complexity index is 433. The molecular formula is C15H22O2. The Morgan fingerprint density at radius 2 is 2.00 bits per heavy atom. The van der Waals surface area contributed by atoms with Crippen LogP contribution in [0.5, 0.6) is 0 Å². The molecule has 94 valence electrons. The highest BCUT2D eigenvalue weighted by Crippen LogP contribution is 2.42. The van der Waals surface area contributed by atoms with E-state index in [1.807, 2.05) is 0 Å². The van der Waals surface area contributed by atoms with Crippen molar-refractivity contribution >= 4 is 0 Å². The summed E-state index contributed by atoms with van der Waals surface area (Å²) >= 11 is 0. The van der Waals surface area contributed by atoms with Crippen LogP contribution < -0.4 is 0 Å². The summed E-state index contributed by atoms with van der Waals surface area (Å²) < 4.78 is 0. The number of rotatable bonds is 1. The molecule has 0 aromatic heterocycles. The molecule has 0 bridgehead atoms. The van der Waals surface area contributed by atoms with Crippen LogP contribution in [-0.2, 0) is 6.42 Å². The minimum absolute atomic E-state index is 0.368. The smallest absolute Gasteiger partial charge is 0.108 e. The molecule has 0 saturated heterocycles. The van der Waals surface area contributed by atoms with E-state index in [4.69, 9.17) is 0 Å². The lowest BCUT2D eigenvalue weighted by Crippen LogP contribution is -2.38. The quantitative estimate of drug-likeness (QED) is 0.784. The Kier molecular flexibility index (Phi) is 3.04. The molecule has 1 aliphatic rings. The summed E-state index contributed by atoms with van der Waals surface area (Å²) in [6.45, 7) is 8.06. The Labute approximate surface area is 103 Å². The van der Waals surface area contributed by atoms with E-state index in [1.165, 1.54) is 11.1 Å². The molecule has 0 spiro atoms. The summed E-state index contributed by atoms with van der Waals surface area (Å²) in [5, 5.41) is 20.6. The van der Waals surface area contributed by atoms with Gasteiger partial charge in [0.15, 0.2) is 0 Å². The van der Waals surface area contributed by atoms with E-state index in [-0.39, 0.29) is 0 Å². The molecule has 0 unspecified atom stereocenters. The van der Waals surface area contributed by atoms with Crippen LogP contribution in [0, 0.1) is 6.92 Å². The number of hydrogen-bond acceptors (Lipinski definition) is 2. The summed E-state index contributed by atoms with van der Waals surface area (Å²) in [4.78, 5) is 0. The van der Waals surface area contributed by atoms with Crippen molar-refractivity contribution in [3.05, 3.63) is 34.4 Å². The molecule has 2 atom stereocenters. The molecule has 0 aliphatic heterocycles. The zero-order chi connectivity index (χ0) is 12.8. The number of hydrogen-bond donors (Lipinski definition) is 2. The van der Waals surface area contributed by atoms with Gasteiger partial charge >= 0.3 is 0 Å². The van der Waals surface area contributed by atoms with Crippen LogP contribution in [0.2, 0.25) is 0 Å². The maximum absolute atomic E-state index is 10.4. The van der Waals surface area contributed by atoms with Gasteiger partial charge in [-0.2, -0.15) is 0 Å². The molecule has 2 rings (SSSR count). The standard InChI is InChI=1S/C15H22O2/c1-9(2)11-6-5-10(3)12-7-8-15(4,17)14(16)13(11)12/h5-6,9,14,16-17H,7-8H2,1-4H3/t14-,15-/m1/s1. The molecule has 2 N–H and O–H groups in total. The fraction of sp³-hybridized carbons (Fsp3) is 0.600. The van der Waals surface area contributed by atoms with Crippen molar-refractivity contribution in [2.24, 2.45) is 0 Å². The molecule has 0 radical (unpaired) electrons. The number of aryl methyl sites for hydroxylation is 1. The average molecular weight is 234 g/mol. The lowest BCUT2D eigenvalue weighted by molar-refractivity contribution is -0.0757. The Morgan fingerprint density at radius 1 is 1.35 bits per heavy atom. The fourth-order valence-electron chi connectivity index (χ4n) is 2.78. The zero-order valence-electron chi connectivity index (χ0n) is 11.1. The minimum Gasteiger partial charge on any atom is -0.387 e. The Balaban J connectivity index is 2.63. The van der Waals surface area contributed by atoms with Crippen LogP contribution in [0.3, 0.4) is 0 Å². The van der Waals surface area contributed by atoms with Crippen LogP contribution in [0.4, 0.5) is 0 Å². The summed E-state index contributed by atoms with van der Waals surface area (Å²) in [6, 6.07) is 4.21. The Hall–Kier alpha value is -0.860. The second-order valence-corrected chi connectivity index (χ2v) is 5.78. The monoisotopic (exact) mass is 234 g/mol. The van der Waals surface area contributed by atoms with Gasteiger partial charge in [0, 0.05) is 0 Å². The molecular weight excluding hydrogens is 212 g/mol. The minimum atomic E-state index is -0.996. The van der Waals surface area contributed by atoms with E-state index in [0.717, 1.165) is 17.5 Å². The van der Waals surface area contributed by atoms with E-state index in [2.05, 4.69) is 32.9 Å². The maximum Gasteiger partial charge on any atom is 0.108 e. The van der Waals surface area contributed by atoms with Gasteiger partial charge in [-0.15, -0.1) is 0 Å². The number of fused-ring (bicyclic) bond motifs is 1. The first-order valence-electron chi connectivity index (χ1n) is 6.37. The van der Waals surface area contributed by atoms with Gasteiger partial charge in [0.2, 0.25) is 0 Å². The second-order valence-electron chi connectivity index (χ2n) is 5.78. The number of benzene rings is 1. The maximum atomic E-state index is 10.4. The van der Waals surface area contributed by atoms with Gasteiger partial charge in [-0.05, 0) is 54.9 Å². The predicted octanol–water partition coefficient (Wildman–Crippen LogP) is 2.85. The SMILES string of the molecule is Cc1ccc(C(C)C)c2c1CC[C@@](C)(O)[C@@H]2O. The molecule has 0 saturated carbocycles. The van der Waals surface area contributed by atoms with Crippen molar-refractivity contribution in [2.45, 2.75) is 58.2 Å². The highest BCUT2D eigenvalue weighted by Gasteiger charge is 2.38. The topological polar surface area (TPSA) is 40.5 Å². The van der Waals surface area contributed by atoms with Gasteiger partial charge in [-0.3, -0.25) is 0 Å². The van der Waals surface area contributed by atoms with Crippen molar-refractivity contribution < 1.29 is 10.2 Å². The lowest BCUT2D eigenvalue weighted by atomic mass is 9.74. The lowest BCUT2D eigenvalue weighted by Gasteiger charge is -2.38. The summed E-state index contributed by atoms with van der Waals surface area (Å²) in [7, 11) is 0. The molecule has 0 amide bonds. The van der Waals surface area contributed by atoms with E-state index in [1.54, 1.807) is 6.92 Å². The van der Waals surface area contributed by atoms with Crippen LogP contribution in [0.25, 0.3) is 0 Å². The normalized spacial score (nSPS) is 28.3. The first-order valence-corrected chi connectivity index (χ1v) is 6.37. The molecule has 0 fully saturated rings. The van der Waals surface area contributed by atoms with E-state index < -0.39 is 11.7 Å². The highest BCUT2D eigenvalue weighted by atomic mass is 16.3. The Morgan fingerprint density at radius 3 is 2.59 bits per heavy atom.